The Bertz CT molecular complexity index is 710. The Morgan fingerprint density at radius 2 is 0.917 bits per heavy atom. The van der Waals surface area contributed by atoms with Gasteiger partial charge in [0.1, 0.15) is 6.79 Å². The molecule has 0 saturated carbocycles. The normalized spacial score (nSPS) is 10.6. The van der Waals surface area contributed by atoms with Gasteiger partial charge < -0.3 is 4.79 Å². The summed E-state index contributed by atoms with van der Waals surface area (Å²) in [5.74, 6) is 0. The lowest BCUT2D eigenvalue weighted by molar-refractivity contribution is -0.0979. The Morgan fingerprint density at radius 3 is 1.29 bits per heavy atom. The van der Waals surface area contributed by atoms with Crippen LogP contribution in [0.5, 0.6) is 0 Å². The van der Waals surface area contributed by atoms with Crippen molar-refractivity contribution >= 4 is 6.79 Å². The quantitative estimate of drug-likeness (QED) is 0.585. The van der Waals surface area contributed by atoms with E-state index in [2.05, 4.69) is 99.6 Å². The molecule has 0 bridgehead atoms. The molecule has 0 amide bonds. The van der Waals surface area contributed by atoms with Crippen molar-refractivity contribution in [2.24, 2.45) is 0 Å². The van der Waals surface area contributed by atoms with E-state index < -0.39 is 0 Å². The number of carbonyl (C=O) groups excluding carboxylic acids is 1. The molecule has 0 aliphatic heterocycles. The lowest BCUT2D eigenvalue weighted by atomic mass is 9.71. The van der Waals surface area contributed by atoms with Gasteiger partial charge in [0, 0.05) is 5.41 Å². The van der Waals surface area contributed by atoms with E-state index in [1.807, 2.05) is 6.79 Å². The molecule has 0 saturated heterocycles. The first-order chi connectivity index (χ1) is 11.6. The van der Waals surface area contributed by atoms with Crippen LogP contribution in [0.2, 0.25) is 0 Å². The zero-order valence-electron chi connectivity index (χ0n) is 14.6. The van der Waals surface area contributed by atoms with Gasteiger partial charge in [0.2, 0.25) is 0 Å². The van der Waals surface area contributed by atoms with Crippen molar-refractivity contribution in [3.05, 3.63) is 107 Å². The highest BCUT2D eigenvalue weighted by molar-refractivity contribution is 5.50. The number of hydrogen-bond donors (Lipinski definition) is 0. The predicted molar refractivity (Wildman–Crippen MR) is 101 cm³/mol. The van der Waals surface area contributed by atoms with Crippen LogP contribution in [-0.4, -0.2) is 6.79 Å². The summed E-state index contributed by atoms with van der Waals surface area (Å²) in [5, 5.41) is 0. The molecule has 3 rings (SSSR count). The van der Waals surface area contributed by atoms with Crippen molar-refractivity contribution in [1.29, 1.82) is 0 Å². The molecule has 24 heavy (non-hydrogen) atoms. The van der Waals surface area contributed by atoms with Crippen LogP contribution in [0.4, 0.5) is 0 Å². The second kappa shape index (κ2) is 7.74. The van der Waals surface area contributed by atoms with Crippen LogP contribution in [0.3, 0.4) is 0 Å². The minimum atomic E-state index is -0.136. The smallest absolute Gasteiger partial charge is 0.106 e. The van der Waals surface area contributed by atoms with Crippen LogP contribution in [0.15, 0.2) is 78.9 Å². The lowest BCUT2D eigenvalue weighted by Gasteiger charge is -2.32. The van der Waals surface area contributed by atoms with Crippen molar-refractivity contribution < 1.29 is 4.79 Å². The average molecular weight is 316 g/mol. The fourth-order valence-electron chi connectivity index (χ4n) is 3.05. The van der Waals surface area contributed by atoms with Crippen LogP contribution in [-0.2, 0) is 10.2 Å². The van der Waals surface area contributed by atoms with Gasteiger partial charge in [-0.1, -0.05) is 90.0 Å². The minimum absolute atomic E-state index is 0.136. The standard InChI is InChI=1S/C22H22.CH2O/c1-17-9-13-20(14-10-17)22(3,19-7-5-4-6-8-19)21-15-11-18(2)12-16-21;1-2/h4-16H,1-3H3;1H2. The van der Waals surface area contributed by atoms with Crippen LogP contribution in [0, 0.1) is 13.8 Å². The summed E-state index contributed by atoms with van der Waals surface area (Å²) in [6.07, 6.45) is 0. The van der Waals surface area contributed by atoms with E-state index in [0.29, 0.717) is 0 Å². The van der Waals surface area contributed by atoms with E-state index in [1.54, 1.807) is 0 Å². The fraction of sp³-hybridized carbons (Fsp3) is 0.174. The number of hydrogen-bond acceptors (Lipinski definition) is 1. The molecule has 122 valence electrons. The number of aryl methyl sites for hydroxylation is 2. The molecule has 1 nitrogen and oxygen atoms in total. The molecule has 0 spiro atoms. The highest BCUT2D eigenvalue weighted by atomic mass is 16.1. The summed E-state index contributed by atoms with van der Waals surface area (Å²) in [6.45, 7) is 8.59. The molecule has 0 aliphatic rings. The second-order valence-electron chi connectivity index (χ2n) is 6.22. The van der Waals surface area contributed by atoms with E-state index in [1.165, 1.54) is 27.8 Å². The molecule has 0 unspecified atom stereocenters. The molecular formula is C23H24O. The third-order valence-corrected chi connectivity index (χ3v) is 4.61. The average Bonchev–Trinajstić information content (AvgIpc) is 2.65. The summed E-state index contributed by atoms with van der Waals surface area (Å²) in [7, 11) is 0. The van der Waals surface area contributed by atoms with E-state index in [4.69, 9.17) is 4.79 Å². The van der Waals surface area contributed by atoms with Crippen LogP contribution in [0.1, 0.15) is 34.7 Å². The SMILES string of the molecule is C=O.Cc1ccc(C(C)(c2ccccc2)c2ccc(C)cc2)cc1. The summed E-state index contributed by atoms with van der Waals surface area (Å²) in [4.78, 5) is 8.00. The lowest BCUT2D eigenvalue weighted by Crippen LogP contribution is -2.25. The fourth-order valence-corrected chi connectivity index (χ4v) is 3.05. The van der Waals surface area contributed by atoms with Gasteiger partial charge in [0.25, 0.3) is 0 Å². The van der Waals surface area contributed by atoms with Crippen molar-refractivity contribution in [2.75, 3.05) is 0 Å². The summed E-state index contributed by atoms with van der Waals surface area (Å²) in [5.41, 5.74) is 6.43. The topological polar surface area (TPSA) is 17.1 Å². The Balaban J connectivity index is 0.00000100. The molecule has 3 aromatic rings. The Hall–Kier alpha value is -2.67. The minimum Gasteiger partial charge on any atom is -0.307 e. The van der Waals surface area contributed by atoms with E-state index in [9.17, 15) is 0 Å². The Labute approximate surface area is 145 Å². The summed E-state index contributed by atoms with van der Waals surface area (Å²) < 4.78 is 0. The van der Waals surface area contributed by atoms with Crippen LogP contribution >= 0.6 is 0 Å². The summed E-state index contributed by atoms with van der Waals surface area (Å²) >= 11 is 0. The largest absolute Gasteiger partial charge is 0.307 e. The van der Waals surface area contributed by atoms with Gasteiger partial charge in [-0.15, -0.1) is 0 Å². The first-order valence-corrected chi connectivity index (χ1v) is 8.09. The number of benzene rings is 3. The first-order valence-electron chi connectivity index (χ1n) is 8.09. The van der Waals surface area contributed by atoms with Crippen molar-refractivity contribution in [3.8, 4) is 0 Å². The molecule has 0 aliphatic carbocycles. The zero-order chi connectivity index (χ0) is 17.6. The second-order valence-corrected chi connectivity index (χ2v) is 6.22. The molecule has 0 radical (unpaired) electrons. The van der Waals surface area contributed by atoms with Gasteiger partial charge in [-0.25, -0.2) is 0 Å². The number of rotatable bonds is 3. The Morgan fingerprint density at radius 1 is 0.583 bits per heavy atom. The third-order valence-electron chi connectivity index (χ3n) is 4.61. The molecular weight excluding hydrogens is 292 g/mol. The van der Waals surface area contributed by atoms with Crippen molar-refractivity contribution in [1.82, 2.24) is 0 Å². The van der Waals surface area contributed by atoms with E-state index >= 15 is 0 Å². The molecule has 1 heteroatoms. The molecule has 0 atom stereocenters. The Kier molecular flexibility index (Phi) is 5.70. The molecule has 0 N–H and O–H groups in total. The maximum absolute atomic E-state index is 8.00. The molecule has 0 aromatic heterocycles. The first kappa shape index (κ1) is 17.7. The van der Waals surface area contributed by atoms with Crippen molar-refractivity contribution in [3.63, 3.8) is 0 Å². The van der Waals surface area contributed by atoms with Crippen molar-refractivity contribution in [2.45, 2.75) is 26.2 Å². The van der Waals surface area contributed by atoms with E-state index in [-0.39, 0.29) is 5.41 Å². The third kappa shape index (κ3) is 3.46. The monoisotopic (exact) mass is 316 g/mol. The summed E-state index contributed by atoms with van der Waals surface area (Å²) in [6, 6.07) is 28.6. The maximum Gasteiger partial charge on any atom is 0.106 e. The van der Waals surface area contributed by atoms with Crippen LogP contribution < -0.4 is 0 Å². The van der Waals surface area contributed by atoms with Gasteiger partial charge in [0.05, 0.1) is 0 Å². The van der Waals surface area contributed by atoms with Gasteiger partial charge in [-0.05, 0) is 37.5 Å². The molecule has 0 heterocycles. The maximum atomic E-state index is 8.00. The van der Waals surface area contributed by atoms with Crippen LogP contribution in [0.25, 0.3) is 0 Å². The molecule has 3 aromatic carbocycles. The molecule has 0 fully saturated rings. The number of carbonyl (C=O) groups is 1. The van der Waals surface area contributed by atoms with Gasteiger partial charge in [0.15, 0.2) is 0 Å². The predicted octanol–water partition coefficient (Wildman–Crippen LogP) is 5.47. The van der Waals surface area contributed by atoms with Gasteiger partial charge >= 0.3 is 0 Å². The highest BCUT2D eigenvalue weighted by Crippen LogP contribution is 2.38. The zero-order valence-corrected chi connectivity index (χ0v) is 14.6. The van der Waals surface area contributed by atoms with Gasteiger partial charge in [-0.3, -0.25) is 0 Å². The van der Waals surface area contributed by atoms with E-state index in [0.717, 1.165) is 0 Å². The highest BCUT2D eigenvalue weighted by Gasteiger charge is 2.30. The van der Waals surface area contributed by atoms with Gasteiger partial charge in [-0.2, -0.15) is 0 Å².